The summed E-state index contributed by atoms with van der Waals surface area (Å²) in [6.07, 6.45) is 1.39. The van der Waals surface area contributed by atoms with Gasteiger partial charge in [0.15, 0.2) is 6.04 Å². The topological polar surface area (TPSA) is 53.3 Å². The molecule has 0 radical (unpaired) electrons. The van der Waals surface area contributed by atoms with Crippen molar-refractivity contribution in [1.29, 1.82) is 5.26 Å². The normalized spacial score (nSPS) is 16.1. The maximum absolute atomic E-state index is 12.5. The molecular weight excluding hydrogens is 288 g/mol. The van der Waals surface area contributed by atoms with Gasteiger partial charge in [0.2, 0.25) is 0 Å². The largest absolute Gasteiger partial charge is 0.444 e. The maximum atomic E-state index is 12.5. The van der Waals surface area contributed by atoms with Gasteiger partial charge in [-0.2, -0.15) is 5.26 Å². The fourth-order valence-electron chi connectivity index (χ4n) is 2.69. The van der Waals surface area contributed by atoms with Crippen LogP contribution in [-0.4, -0.2) is 11.0 Å². The molecule has 1 atom stereocenters. The molecule has 0 aromatic heterocycles. The molecule has 2 aromatic carbocycles. The molecule has 0 N–H and O–H groups in total. The molecular formula is C19H16N2O2. The smallest absolute Gasteiger partial charge is 0.415 e. The zero-order valence-corrected chi connectivity index (χ0v) is 12.8. The highest BCUT2D eigenvalue weighted by Gasteiger charge is 2.32. The van der Waals surface area contributed by atoms with Crippen molar-refractivity contribution in [2.24, 2.45) is 0 Å². The number of nitrogens with zero attached hydrogens (tertiary/aromatic N) is 2. The molecule has 0 aliphatic carbocycles. The molecule has 3 rings (SSSR count). The molecule has 4 heteroatoms. The van der Waals surface area contributed by atoms with Crippen LogP contribution in [0.25, 0.3) is 6.08 Å². The number of nitriles is 1. The quantitative estimate of drug-likeness (QED) is 0.832. The molecule has 0 saturated carbocycles. The molecule has 0 spiro atoms. The van der Waals surface area contributed by atoms with Gasteiger partial charge < -0.3 is 4.74 Å². The number of benzene rings is 2. The average molecular weight is 304 g/mol. The zero-order chi connectivity index (χ0) is 16.2. The molecule has 2 aromatic rings. The van der Waals surface area contributed by atoms with Crippen LogP contribution in [0.3, 0.4) is 0 Å². The SMILES string of the molecule is CC1=Cc2ccccc2C(C#N)N1C(=O)OCc1ccccc1. The Morgan fingerprint density at radius 2 is 1.87 bits per heavy atom. The summed E-state index contributed by atoms with van der Waals surface area (Å²) in [4.78, 5) is 13.9. The van der Waals surface area contributed by atoms with Crippen LogP contribution < -0.4 is 0 Å². The van der Waals surface area contributed by atoms with E-state index < -0.39 is 12.1 Å². The van der Waals surface area contributed by atoms with Gasteiger partial charge in [0.05, 0.1) is 6.07 Å². The van der Waals surface area contributed by atoms with E-state index in [2.05, 4.69) is 6.07 Å². The number of fused-ring (bicyclic) bond motifs is 1. The first-order chi connectivity index (χ1) is 11.2. The first-order valence-electron chi connectivity index (χ1n) is 7.37. The van der Waals surface area contributed by atoms with Crippen molar-refractivity contribution < 1.29 is 9.53 Å². The average Bonchev–Trinajstić information content (AvgIpc) is 2.59. The van der Waals surface area contributed by atoms with E-state index in [1.807, 2.05) is 67.6 Å². The van der Waals surface area contributed by atoms with Crippen LogP contribution in [0.4, 0.5) is 4.79 Å². The molecule has 1 unspecified atom stereocenters. The van der Waals surface area contributed by atoms with Gasteiger partial charge in [-0.1, -0.05) is 54.6 Å². The minimum Gasteiger partial charge on any atom is -0.444 e. The summed E-state index contributed by atoms with van der Waals surface area (Å²) in [5, 5.41) is 9.53. The molecule has 23 heavy (non-hydrogen) atoms. The Bertz CT molecular complexity index is 791. The van der Waals surface area contributed by atoms with Gasteiger partial charge >= 0.3 is 6.09 Å². The second-order valence-electron chi connectivity index (χ2n) is 5.36. The second kappa shape index (κ2) is 6.37. The molecule has 1 amide bonds. The molecule has 114 valence electrons. The first-order valence-corrected chi connectivity index (χ1v) is 7.37. The summed E-state index contributed by atoms with van der Waals surface area (Å²) in [6, 6.07) is 18.6. The third kappa shape index (κ3) is 2.95. The summed E-state index contributed by atoms with van der Waals surface area (Å²) in [5.41, 5.74) is 3.39. The van der Waals surface area contributed by atoms with Gasteiger partial charge in [0, 0.05) is 5.70 Å². The molecule has 0 saturated heterocycles. The number of rotatable bonds is 2. The van der Waals surface area contributed by atoms with E-state index in [9.17, 15) is 10.1 Å². The van der Waals surface area contributed by atoms with Crippen molar-refractivity contribution in [2.75, 3.05) is 0 Å². The number of hydrogen-bond acceptors (Lipinski definition) is 3. The molecule has 1 aliphatic heterocycles. The van der Waals surface area contributed by atoms with E-state index in [1.54, 1.807) is 0 Å². The summed E-state index contributed by atoms with van der Waals surface area (Å²) >= 11 is 0. The lowest BCUT2D eigenvalue weighted by atomic mass is 9.95. The number of carbonyl (C=O) groups excluding carboxylic acids is 1. The standard InChI is InChI=1S/C19H16N2O2/c1-14-11-16-9-5-6-10-17(16)18(12-20)21(14)19(22)23-13-15-7-3-2-4-8-15/h2-11,18H,13H2,1H3. The lowest BCUT2D eigenvalue weighted by molar-refractivity contribution is 0.100. The summed E-state index contributed by atoms with van der Waals surface area (Å²) in [7, 11) is 0. The fraction of sp³-hybridized carbons (Fsp3) is 0.158. The number of allylic oxidation sites excluding steroid dienone is 1. The van der Waals surface area contributed by atoms with Crippen LogP contribution in [0.15, 0.2) is 60.3 Å². The Kier molecular flexibility index (Phi) is 4.11. The third-order valence-corrected chi connectivity index (χ3v) is 3.82. The molecule has 1 aliphatic rings. The molecule has 1 heterocycles. The number of amides is 1. The number of hydrogen-bond donors (Lipinski definition) is 0. The Balaban J connectivity index is 1.82. The van der Waals surface area contributed by atoms with Crippen LogP contribution in [0.5, 0.6) is 0 Å². The van der Waals surface area contributed by atoms with Crippen LogP contribution >= 0.6 is 0 Å². The summed E-state index contributed by atoms with van der Waals surface area (Å²) in [6.45, 7) is 1.99. The highest BCUT2D eigenvalue weighted by atomic mass is 16.6. The third-order valence-electron chi connectivity index (χ3n) is 3.82. The van der Waals surface area contributed by atoms with E-state index in [1.165, 1.54) is 4.90 Å². The minimum absolute atomic E-state index is 0.184. The second-order valence-corrected chi connectivity index (χ2v) is 5.36. The predicted molar refractivity (Wildman–Crippen MR) is 86.9 cm³/mol. The van der Waals surface area contributed by atoms with Crippen molar-refractivity contribution in [3.8, 4) is 6.07 Å². The highest BCUT2D eigenvalue weighted by molar-refractivity contribution is 5.76. The van der Waals surface area contributed by atoms with Gasteiger partial charge in [-0.15, -0.1) is 0 Å². The van der Waals surface area contributed by atoms with E-state index >= 15 is 0 Å². The van der Waals surface area contributed by atoms with Gasteiger partial charge in [0.1, 0.15) is 6.61 Å². The van der Waals surface area contributed by atoms with Gasteiger partial charge in [-0.25, -0.2) is 4.79 Å². The van der Waals surface area contributed by atoms with Crippen LogP contribution in [-0.2, 0) is 11.3 Å². The van der Waals surface area contributed by atoms with Crippen molar-refractivity contribution >= 4 is 12.2 Å². The van der Waals surface area contributed by atoms with Crippen molar-refractivity contribution in [1.82, 2.24) is 4.90 Å². The van der Waals surface area contributed by atoms with Gasteiger partial charge in [-0.05, 0) is 29.7 Å². The number of ether oxygens (including phenoxy) is 1. The van der Waals surface area contributed by atoms with E-state index in [-0.39, 0.29) is 6.61 Å². The zero-order valence-electron chi connectivity index (χ0n) is 12.8. The van der Waals surface area contributed by atoms with Crippen molar-refractivity contribution in [2.45, 2.75) is 19.6 Å². The van der Waals surface area contributed by atoms with Gasteiger partial charge in [-0.3, -0.25) is 4.90 Å². The summed E-state index contributed by atoms with van der Waals surface area (Å²) < 4.78 is 5.38. The van der Waals surface area contributed by atoms with Crippen molar-refractivity contribution in [3.63, 3.8) is 0 Å². The van der Waals surface area contributed by atoms with Crippen LogP contribution in [0.2, 0.25) is 0 Å². The molecule has 0 bridgehead atoms. The molecule has 4 nitrogen and oxygen atoms in total. The monoisotopic (exact) mass is 304 g/mol. The van der Waals surface area contributed by atoms with E-state index in [0.717, 1.165) is 16.7 Å². The Hall–Kier alpha value is -3.06. The Labute approximate surface area is 135 Å². The van der Waals surface area contributed by atoms with E-state index in [0.29, 0.717) is 5.70 Å². The van der Waals surface area contributed by atoms with Crippen LogP contribution in [0, 0.1) is 11.3 Å². The maximum Gasteiger partial charge on any atom is 0.415 e. The number of carbonyl (C=O) groups is 1. The van der Waals surface area contributed by atoms with E-state index in [4.69, 9.17) is 4.74 Å². The lowest BCUT2D eigenvalue weighted by Gasteiger charge is -2.31. The molecule has 0 fully saturated rings. The lowest BCUT2D eigenvalue weighted by Crippen LogP contribution is -2.35. The Morgan fingerprint density at radius 3 is 2.61 bits per heavy atom. The van der Waals surface area contributed by atoms with Gasteiger partial charge in [0.25, 0.3) is 0 Å². The van der Waals surface area contributed by atoms with Crippen molar-refractivity contribution in [3.05, 3.63) is 77.0 Å². The fourth-order valence-corrected chi connectivity index (χ4v) is 2.69. The minimum atomic E-state index is -0.667. The predicted octanol–water partition coefficient (Wildman–Crippen LogP) is 4.26. The van der Waals surface area contributed by atoms with Crippen LogP contribution in [0.1, 0.15) is 29.7 Å². The summed E-state index contributed by atoms with van der Waals surface area (Å²) in [5.74, 6) is 0. The first kappa shape index (κ1) is 14.9. The Morgan fingerprint density at radius 1 is 1.17 bits per heavy atom. The highest BCUT2D eigenvalue weighted by Crippen LogP contribution is 2.34.